The average Bonchev–Trinajstić information content (AvgIpc) is 3.30. The highest BCUT2D eigenvalue weighted by Gasteiger charge is 2.33. The average molecular weight is 445 g/mol. The summed E-state index contributed by atoms with van der Waals surface area (Å²) >= 11 is 8.86. The number of hydrogen-bond acceptors (Lipinski definition) is 6. The van der Waals surface area contributed by atoms with E-state index in [4.69, 9.17) is 16.3 Å². The minimum Gasteiger partial charge on any atom is -0.463 e. The van der Waals surface area contributed by atoms with E-state index in [1.165, 1.54) is 22.7 Å². The van der Waals surface area contributed by atoms with E-state index in [0.29, 0.717) is 25.6 Å². The number of esters is 1. The lowest BCUT2D eigenvalue weighted by Crippen LogP contribution is -2.39. The summed E-state index contributed by atoms with van der Waals surface area (Å²) in [6.07, 6.45) is 1.80. The van der Waals surface area contributed by atoms with Crippen molar-refractivity contribution in [3.05, 3.63) is 88.2 Å². The molecule has 148 valence electrons. The van der Waals surface area contributed by atoms with Gasteiger partial charge in [0, 0.05) is 9.90 Å². The standard InChI is InChI=1S/C21H17ClN2O3S2/c1-3-27-20(26)17-12(2)23-21-24(18(17)15-8-5-9-28-15)19(25)16(29-21)11-13-6-4-7-14(22)10-13/h4-11,18H,3H2,1-2H3/b16-11-. The first-order chi connectivity index (χ1) is 14.0. The molecule has 0 radical (unpaired) electrons. The van der Waals surface area contributed by atoms with E-state index in [1.807, 2.05) is 29.6 Å². The molecule has 8 heteroatoms. The van der Waals surface area contributed by atoms with Crippen molar-refractivity contribution in [2.75, 3.05) is 6.61 Å². The summed E-state index contributed by atoms with van der Waals surface area (Å²) < 4.78 is 7.39. The fraction of sp³-hybridized carbons (Fsp3) is 0.190. The maximum Gasteiger partial charge on any atom is 0.338 e. The number of carbonyl (C=O) groups is 1. The first kappa shape index (κ1) is 19.8. The number of halogens is 1. The van der Waals surface area contributed by atoms with Crippen LogP contribution in [0.1, 0.15) is 30.3 Å². The molecule has 0 fully saturated rings. The Labute approximate surface area is 179 Å². The maximum absolute atomic E-state index is 13.3. The van der Waals surface area contributed by atoms with Crippen LogP contribution in [0.2, 0.25) is 5.02 Å². The van der Waals surface area contributed by atoms with Gasteiger partial charge in [0.2, 0.25) is 0 Å². The van der Waals surface area contributed by atoms with E-state index in [9.17, 15) is 9.59 Å². The molecule has 3 heterocycles. The van der Waals surface area contributed by atoms with E-state index in [2.05, 4.69) is 4.99 Å². The number of thiophene rings is 1. The number of thiazole rings is 1. The summed E-state index contributed by atoms with van der Waals surface area (Å²) in [4.78, 5) is 32.0. The molecule has 2 aromatic heterocycles. The second kappa shape index (κ2) is 8.10. The van der Waals surface area contributed by atoms with Gasteiger partial charge in [-0.05, 0) is 49.1 Å². The molecule has 1 aliphatic rings. The summed E-state index contributed by atoms with van der Waals surface area (Å²) in [6, 6.07) is 10.6. The topological polar surface area (TPSA) is 60.7 Å². The number of carbonyl (C=O) groups excluding carboxylic acids is 1. The van der Waals surface area contributed by atoms with Crippen molar-refractivity contribution in [2.45, 2.75) is 19.9 Å². The molecule has 4 rings (SSSR count). The van der Waals surface area contributed by atoms with Crippen molar-refractivity contribution >= 4 is 46.3 Å². The molecular weight excluding hydrogens is 428 g/mol. The van der Waals surface area contributed by atoms with E-state index >= 15 is 0 Å². The van der Waals surface area contributed by atoms with Gasteiger partial charge in [0.15, 0.2) is 4.80 Å². The molecule has 3 aromatic rings. The highest BCUT2D eigenvalue weighted by atomic mass is 35.5. The van der Waals surface area contributed by atoms with Gasteiger partial charge in [0.1, 0.15) is 6.04 Å². The van der Waals surface area contributed by atoms with Crippen LogP contribution in [0.4, 0.5) is 0 Å². The summed E-state index contributed by atoms with van der Waals surface area (Å²) in [6.45, 7) is 3.79. The van der Waals surface area contributed by atoms with Crippen molar-refractivity contribution in [3.63, 3.8) is 0 Å². The lowest BCUT2D eigenvalue weighted by atomic mass is 10.0. The third kappa shape index (κ3) is 3.73. The molecule has 0 N–H and O–H groups in total. The number of ether oxygens (including phenoxy) is 1. The minimum atomic E-state index is -0.549. The number of allylic oxidation sites excluding steroid dienone is 1. The highest BCUT2D eigenvalue weighted by Crippen LogP contribution is 2.33. The molecule has 0 spiro atoms. The van der Waals surface area contributed by atoms with Gasteiger partial charge in [-0.15, -0.1) is 11.3 Å². The van der Waals surface area contributed by atoms with E-state index in [1.54, 1.807) is 36.6 Å². The fourth-order valence-corrected chi connectivity index (χ4v) is 5.32. The Balaban J connectivity index is 1.94. The Morgan fingerprint density at radius 3 is 2.86 bits per heavy atom. The predicted molar refractivity (Wildman–Crippen MR) is 116 cm³/mol. The Bertz CT molecular complexity index is 1290. The number of nitrogens with zero attached hydrogens (tertiary/aromatic N) is 2. The summed E-state index contributed by atoms with van der Waals surface area (Å²) in [7, 11) is 0. The lowest BCUT2D eigenvalue weighted by molar-refractivity contribution is -0.139. The monoisotopic (exact) mass is 444 g/mol. The quantitative estimate of drug-likeness (QED) is 0.578. The summed E-state index contributed by atoms with van der Waals surface area (Å²) in [5, 5.41) is 2.53. The zero-order valence-electron chi connectivity index (χ0n) is 15.7. The number of fused-ring (bicyclic) bond motifs is 1. The molecule has 0 saturated heterocycles. The van der Waals surface area contributed by atoms with Crippen LogP contribution in [-0.4, -0.2) is 17.1 Å². The maximum atomic E-state index is 13.3. The van der Waals surface area contributed by atoms with Crippen LogP contribution < -0.4 is 14.9 Å². The normalized spacial score (nSPS) is 16.5. The van der Waals surface area contributed by atoms with Gasteiger partial charge in [-0.3, -0.25) is 9.36 Å². The molecule has 1 atom stereocenters. The van der Waals surface area contributed by atoms with Crippen molar-refractivity contribution < 1.29 is 9.53 Å². The van der Waals surface area contributed by atoms with Gasteiger partial charge in [0.25, 0.3) is 5.56 Å². The van der Waals surface area contributed by atoms with Crippen molar-refractivity contribution in [1.82, 2.24) is 4.57 Å². The Morgan fingerprint density at radius 1 is 1.34 bits per heavy atom. The van der Waals surface area contributed by atoms with Crippen molar-refractivity contribution in [3.8, 4) is 0 Å². The smallest absolute Gasteiger partial charge is 0.338 e. The number of hydrogen-bond donors (Lipinski definition) is 0. The molecule has 1 aromatic carbocycles. The van der Waals surface area contributed by atoms with Crippen molar-refractivity contribution in [2.24, 2.45) is 4.99 Å². The van der Waals surface area contributed by atoms with Crippen LogP contribution in [0.25, 0.3) is 6.08 Å². The number of benzene rings is 1. The Morgan fingerprint density at radius 2 is 2.17 bits per heavy atom. The van der Waals surface area contributed by atoms with Gasteiger partial charge in [-0.25, -0.2) is 9.79 Å². The van der Waals surface area contributed by atoms with Crippen LogP contribution in [0.3, 0.4) is 0 Å². The Hall–Kier alpha value is -2.48. The first-order valence-corrected chi connectivity index (χ1v) is 11.1. The minimum absolute atomic E-state index is 0.193. The van der Waals surface area contributed by atoms with E-state index < -0.39 is 12.0 Å². The number of rotatable bonds is 4. The molecule has 5 nitrogen and oxygen atoms in total. The predicted octanol–water partition coefficient (Wildman–Crippen LogP) is 3.51. The molecule has 1 aliphatic heterocycles. The SMILES string of the molecule is CCOC(=O)C1=C(C)N=c2s/c(=C\c3cccc(Cl)c3)c(=O)n2C1c1cccs1. The summed E-state index contributed by atoms with van der Waals surface area (Å²) in [5.41, 5.74) is 1.60. The fourth-order valence-electron chi connectivity index (χ4n) is 3.26. The molecule has 1 unspecified atom stereocenters. The van der Waals surface area contributed by atoms with Gasteiger partial charge >= 0.3 is 5.97 Å². The summed E-state index contributed by atoms with van der Waals surface area (Å²) in [5.74, 6) is -0.448. The van der Waals surface area contributed by atoms with E-state index in [-0.39, 0.29) is 12.2 Å². The molecule has 29 heavy (non-hydrogen) atoms. The second-order valence-corrected chi connectivity index (χ2v) is 8.80. The van der Waals surface area contributed by atoms with Crippen LogP contribution in [0.15, 0.2) is 62.8 Å². The molecular formula is C21H17ClN2O3S2. The van der Waals surface area contributed by atoms with Gasteiger partial charge in [0.05, 0.1) is 22.4 Å². The van der Waals surface area contributed by atoms with E-state index in [0.717, 1.165) is 10.4 Å². The van der Waals surface area contributed by atoms with Gasteiger partial charge in [-0.1, -0.05) is 41.1 Å². The zero-order valence-corrected chi connectivity index (χ0v) is 18.1. The first-order valence-electron chi connectivity index (χ1n) is 8.98. The van der Waals surface area contributed by atoms with Gasteiger partial charge in [-0.2, -0.15) is 0 Å². The largest absolute Gasteiger partial charge is 0.463 e. The third-order valence-corrected chi connectivity index (χ3v) is 6.62. The highest BCUT2D eigenvalue weighted by molar-refractivity contribution is 7.10. The molecule has 0 bridgehead atoms. The third-order valence-electron chi connectivity index (χ3n) is 4.48. The molecule has 0 amide bonds. The van der Waals surface area contributed by atoms with Crippen molar-refractivity contribution in [1.29, 1.82) is 0 Å². The number of aromatic nitrogens is 1. The van der Waals surface area contributed by atoms with Crippen LogP contribution >= 0.6 is 34.3 Å². The van der Waals surface area contributed by atoms with Crippen LogP contribution in [0.5, 0.6) is 0 Å². The van der Waals surface area contributed by atoms with Crippen LogP contribution in [0, 0.1) is 0 Å². The van der Waals surface area contributed by atoms with Gasteiger partial charge < -0.3 is 4.74 Å². The zero-order chi connectivity index (χ0) is 20.5. The second-order valence-electron chi connectivity index (χ2n) is 6.37. The Kier molecular flexibility index (Phi) is 5.54. The molecule has 0 aliphatic carbocycles. The molecule has 0 saturated carbocycles. The van der Waals surface area contributed by atoms with Crippen LogP contribution in [-0.2, 0) is 9.53 Å². The lowest BCUT2D eigenvalue weighted by Gasteiger charge is -2.23.